The zero-order valence-corrected chi connectivity index (χ0v) is 18.2. The zero-order chi connectivity index (χ0) is 21.5. The number of rotatable bonds is 4. The molecule has 1 fully saturated rings. The number of nitrogens with zero attached hydrogens (tertiary/aromatic N) is 3. The van der Waals surface area contributed by atoms with Crippen LogP contribution in [0.5, 0.6) is 0 Å². The Labute approximate surface area is 177 Å². The largest absolute Gasteiger partial charge is 0.381 e. The second-order valence-corrected chi connectivity index (χ2v) is 10.0. The molecular formula is C21H27N5O3S. The van der Waals surface area contributed by atoms with Crippen molar-refractivity contribution in [2.24, 2.45) is 0 Å². The van der Waals surface area contributed by atoms with E-state index in [2.05, 4.69) is 10.2 Å². The van der Waals surface area contributed by atoms with Crippen LogP contribution >= 0.6 is 0 Å². The van der Waals surface area contributed by atoms with Gasteiger partial charge < -0.3 is 19.9 Å². The summed E-state index contributed by atoms with van der Waals surface area (Å²) < 4.78 is 25.4. The molecule has 0 radical (unpaired) electrons. The van der Waals surface area contributed by atoms with Crippen molar-refractivity contribution in [3.63, 3.8) is 0 Å². The molecule has 1 aromatic carbocycles. The van der Waals surface area contributed by atoms with Crippen molar-refractivity contribution in [3.05, 3.63) is 36.4 Å². The summed E-state index contributed by atoms with van der Waals surface area (Å²) in [5.74, 6) is 1.46. The minimum Gasteiger partial charge on any atom is -0.381 e. The van der Waals surface area contributed by atoms with Crippen LogP contribution in [0.15, 0.2) is 41.3 Å². The van der Waals surface area contributed by atoms with Crippen molar-refractivity contribution in [3.8, 4) is 0 Å². The maximum absolute atomic E-state index is 12.8. The van der Waals surface area contributed by atoms with Gasteiger partial charge in [0.05, 0.1) is 15.4 Å². The molecule has 0 aliphatic carbocycles. The van der Waals surface area contributed by atoms with Gasteiger partial charge in [0.1, 0.15) is 11.9 Å². The van der Waals surface area contributed by atoms with Crippen LogP contribution < -0.4 is 15.1 Å². The van der Waals surface area contributed by atoms with Gasteiger partial charge in [0.15, 0.2) is 5.82 Å². The van der Waals surface area contributed by atoms with Crippen molar-refractivity contribution in [2.75, 3.05) is 41.6 Å². The van der Waals surface area contributed by atoms with Gasteiger partial charge in [0, 0.05) is 43.1 Å². The molecule has 0 bridgehead atoms. The van der Waals surface area contributed by atoms with Gasteiger partial charge in [-0.05, 0) is 50.1 Å². The van der Waals surface area contributed by atoms with Gasteiger partial charge >= 0.3 is 0 Å². The number of nitrogens with one attached hydrogen (secondary N) is 2. The van der Waals surface area contributed by atoms with E-state index in [1.165, 1.54) is 6.26 Å². The smallest absolute Gasteiger partial charge is 0.249 e. The van der Waals surface area contributed by atoms with Gasteiger partial charge in [0.25, 0.3) is 0 Å². The predicted octanol–water partition coefficient (Wildman–Crippen LogP) is 3.21. The lowest BCUT2D eigenvalue weighted by molar-refractivity contribution is -0.119. The lowest BCUT2D eigenvalue weighted by Crippen LogP contribution is -2.56. The molecule has 30 heavy (non-hydrogen) atoms. The Morgan fingerprint density at radius 1 is 1.23 bits per heavy atom. The molecule has 1 aromatic heterocycles. The average Bonchev–Trinajstić information content (AvgIpc) is 2.73. The predicted molar refractivity (Wildman–Crippen MR) is 118 cm³/mol. The number of likely N-dealkylation sites (N-methyl/N-ethyl adjacent to an activating group) is 1. The number of hydrogen-bond donors (Lipinski definition) is 2. The van der Waals surface area contributed by atoms with Crippen LogP contribution in [0.25, 0.3) is 0 Å². The molecule has 1 saturated heterocycles. The van der Waals surface area contributed by atoms with Gasteiger partial charge in [-0.2, -0.15) is 0 Å². The molecule has 160 valence electrons. The minimum absolute atomic E-state index is 0.0531. The second kappa shape index (κ2) is 7.88. The Bertz CT molecular complexity index is 1070. The first-order valence-electron chi connectivity index (χ1n) is 10.0. The van der Waals surface area contributed by atoms with Crippen molar-refractivity contribution in [1.82, 2.24) is 4.98 Å². The molecule has 1 amide bonds. The van der Waals surface area contributed by atoms with E-state index in [9.17, 15) is 9.00 Å². The number of aromatic nitrogens is 1. The monoisotopic (exact) mass is 429 g/mol. The van der Waals surface area contributed by atoms with Gasteiger partial charge in [-0.1, -0.05) is 6.07 Å². The number of benzene rings is 1. The van der Waals surface area contributed by atoms with E-state index in [0.29, 0.717) is 29.6 Å². The first kappa shape index (κ1) is 20.6. The summed E-state index contributed by atoms with van der Waals surface area (Å²) in [7, 11) is -1.02. The van der Waals surface area contributed by atoms with Crippen LogP contribution in [0.3, 0.4) is 0 Å². The van der Waals surface area contributed by atoms with Gasteiger partial charge in [0.2, 0.25) is 5.91 Å². The highest BCUT2D eigenvalue weighted by molar-refractivity contribution is 7.91. The topological polar surface area (TPSA) is 98.6 Å². The van der Waals surface area contributed by atoms with Crippen molar-refractivity contribution < 1.29 is 13.7 Å². The molecule has 2 aliphatic rings. The molecule has 1 unspecified atom stereocenters. The maximum atomic E-state index is 12.8. The van der Waals surface area contributed by atoms with Gasteiger partial charge in [-0.25, -0.2) is 14.0 Å². The number of fused-ring (bicyclic) bond motifs is 1. The van der Waals surface area contributed by atoms with Gasteiger partial charge in [-0.3, -0.25) is 4.79 Å². The summed E-state index contributed by atoms with van der Waals surface area (Å²) in [6, 6.07) is 10.7. The molecule has 2 aliphatic heterocycles. The lowest BCUT2D eigenvalue weighted by Gasteiger charge is -2.44. The molecule has 3 heterocycles. The standard InChI is InChI=1S/C21H27N5O3S/c1-14-21(27)25(2)18-7-8-19(23-15-5-4-6-17(13-15)30(3,22)28)24-20(18)26(14)16-9-11-29-12-10-16/h4-8,13-14,16,22H,9-12H2,1-3H3,(H,23,24)/t14-,30?/m1/s1. The van der Waals surface area contributed by atoms with Crippen molar-refractivity contribution in [2.45, 2.75) is 36.7 Å². The van der Waals surface area contributed by atoms with Crippen LogP contribution in [0.4, 0.5) is 23.0 Å². The number of ether oxygens (including phenoxy) is 1. The number of anilines is 4. The molecule has 8 nitrogen and oxygen atoms in total. The molecule has 4 rings (SSSR count). The van der Waals surface area contributed by atoms with Crippen molar-refractivity contribution in [1.29, 1.82) is 4.78 Å². The fourth-order valence-corrected chi connectivity index (χ4v) is 4.77. The van der Waals surface area contributed by atoms with E-state index in [1.54, 1.807) is 30.1 Å². The summed E-state index contributed by atoms with van der Waals surface area (Å²) >= 11 is 0. The highest BCUT2D eigenvalue weighted by Gasteiger charge is 2.39. The summed E-state index contributed by atoms with van der Waals surface area (Å²) in [6.45, 7) is 3.29. The number of amides is 1. The number of hydrogen-bond acceptors (Lipinski definition) is 7. The first-order valence-corrected chi connectivity index (χ1v) is 12.0. The molecular weight excluding hydrogens is 402 g/mol. The summed E-state index contributed by atoms with van der Waals surface area (Å²) in [5, 5.41) is 3.26. The summed E-state index contributed by atoms with van der Waals surface area (Å²) in [6.07, 6.45) is 3.12. The quantitative estimate of drug-likeness (QED) is 0.774. The fourth-order valence-electron chi connectivity index (χ4n) is 4.08. The molecule has 2 N–H and O–H groups in total. The van der Waals surface area contributed by atoms with Crippen LogP contribution in [0.2, 0.25) is 0 Å². The third kappa shape index (κ3) is 3.87. The SMILES string of the molecule is C[C@@H]1C(=O)N(C)c2ccc(Nc3cccc(S(C)(=N)=O)c3)nc2N1C1CCOCC1. The maximum Gasteiger partial charge on any atom is 0.249 e. The molecule has 9 heteroatoms. The van der Waals surface area contributed by atoms with Crippen LogP contribution in [-0.2, 0) is 19.3 Å². The van der Waals surface area contributed by atoms with Crippen LogP contribution in [-0.4, -0.2) is 53.7 Å². The van der Waals surface area contributed by atoms with Crippen LogP contribution in [0.1, 0.15) is 19.8 Å². The fraction of sp³-hybridized carbons (Fsp3) is 0.429. The number of pyridine rings is 1. The van der Waals surface area contributed by atoms with E-state index in [4.69, 9.17) is 14.5 Å². The normalized spacial score (nSPS) is 21.8. The van der Waals surface area contributed by atoms with E-state index in [0.717, 1.165) is 24.3 Å². The Morgan fingerprint density at radius 2 is 1.97 bits per heavy atom. The Balaban J connectivity index is 1.70. The Hall–Kier alpha value is -2.65. The second-order valence-electron chi connectivity index (χ2n) is 7.86. The molecule has 2 atom stereocenters. The van der Waals surface area contributed by atoms with E-state index in [-0.39, 0.29) is 18.0 Å². The average molecular weight is 430 g/mol. The lowest BCUT2D eigenvalue weighted by atomic mass is 10.0. The van der Waals surface area contributed by atoms with E-state index in [1.807, 2.05) is 25.1 Å². The highest BCUT2D eigenvalue weighted by atomic mass is 32.2. The summed E-state index contributed by atoms with van der Waals surface area (Å²) in [5.41, 5.74) is 1.50. The highest BCUT2D eigenvalue weighted by Crippen LogP contribution is 2.38. The molecule has 2 aromatic rings. The third-order valence-corrected chi connectivity index (χ3v) is 6.86. The number of carbonyl (C=O) groups excluding carboxylic acids is 1. The van der Waals surface area contributed by atoms with E-state index < -0.39 is 9.73 Å². The Kier molecular flexibility index (Phi) is 5.42. The third-order valence-electron chi connectivity index (χ3n) is 5.71. The van der Waals surface area contributed by atoms with E-state index >= 15 is 0 Å². The Morgan fingerprint density at radius 3 is 2.67 bits per heavy atom. The summed E-state index contributed by atoms with van der Waals surface area (Å²) in [4.78, 5) is 21.9. The number of carbonyl (C=O) groups is 1. The molecule has 0 spiro atoms. The van der Waals surface area contributed by atoms with Crippen LogP contribution in [0, 0.1) is 4.78 Å². The first-order chi connectivity index (χ1) is 14.3. The van der Waals surface area contributed by atoms with Crippen molar-refractivity contribution >= 4 is 38.6 Å². The molecule has 0 saturated carbocycles. The van der Waals surface area contributed by atoms with Gasteiger partial charge in [-0.15, -0.1) is 0 Å². The zero-order valence-electron chi connectivity index (χ0n) is 17.4. The minimum atomic E-state index is -2.80.